The first-order valence-corrected chi connectivity index (χ1v) is 13.6. The molecule has 2 aliphatic heterocycles. The lowest BCUT2D eigenvalue weighted by molar-refractivity contribution is -0.205. The lowest BCUT2D eigenvalue weighted by Crippen LogP contribution is -2.43. The zero-order chi connectivity index (χ0) is 31.8. The van der Waals surface area contributed by atoms with Crippen molar-refractivity contribution >= 4 is 7.82 Å². The highest BCUT2D eigenvalue weighted by molar-refractivity contribution is 7.49. The minimum absolute atomic E-state index is 0.104. The predicted octanol–water partition coefficient (Wildman–Crippen LogP) is 2.90. The fourth-order valence-corrected chi connectivity index (χ4v) is 5.35. The summed E-state index contributed by atoms with van der Waals surface area (Å²) in [5.74, 6) is -2.95. The molecule has 1 aromatic heterocycles. The van der Waals surface area contributed by atoms with E-state index in [-0.39, 0.29) is 11.3 Å². The third-order valence-corrected chi connectivity index (χ3v) is 7.64. The Labute approximate surface area is 231 Å². The van der Waals surface area contributed by atoms with Crippen LogP contribution in [0.25, 0.3) is 0 Å². The van der Waals surface area contributed by atoms with Gasteiger partial charge in [0.1, 0.15) is 35.9 Å². The maximum atomic E-state index is 16.1. The van der Waals surface area contributed by atoms with E-state index in [1.807, 2.05) is 10.9 Å². The van der Waals surface area contributed by atoms with Gasteiger partial charge in [-0.15, -0.1) is 6.42 Å². The Morgan fingerprint density at radius 3 is 2.48 bits per heavy atom. The van der Waals surface area contributed by atoms with Crippen LogP contribution in [0.5, 0.6) is 5.75 Å². The first kappa shape index (κ1) is 27.3. The number of fused-ring (bicyclic) bond motifs is 1. The molecule has 2 aromatic rings. The molecule has 0 spiro atoms. The molecule has 1 aromatic carbocycles. The number of alkyl halides is 1. The number of ether oxygens (including phenoxy) is 1. The maximum Gasteiger partial charge on any atom is 0.530 e. The zero-order valence-corrected chi connectivity index (χ0v) is 23.5. The molecule has 1 unspecified atom stereocenters. The molecule has 40 heavy (non-hydrogen) atoms. The van der Waals surface area contributed by atoms with E-state index < -0.39 is 78.7 Å². The van der Waals surface area contributed by atoms with Crippen LogP contribution in [0.3, 0.4) is 0 Å². The molecule has 14 heteroatoms. The number of nitrogens with zero attached hydrogens (tertiary/aromatic N) is 1. The van der Waals surface area contributed by atoms with Crippen LogP contribution in [0.4, 0.5) is 8.78 Å². The molecule has 0 amide bonds. The van der Waals surface area contributed by atoms with Gasteiger partial charge in [-0.3, -0.25) is 23.4 Å². The molecule has 2 aliphatic rings. The first-order valence-electron chi connectivity index (χ1n) is 13.1. The van der Waals surface area contributed by atoms with Crippen LogP contribution in [0.2, 0.25) is 0 Å². The number of nitrogens with one attached hydrogen (secondary N) is 1. The van der Waals surface area contributed by atoms with Gasteiger partial charge in [0.15, 0.2) is 6.23 Å². The van der Waals surface area contributed by atoms with E-state index >= 15 is 8.78 Å². The van der Waals surface area contributed by atoms with Gasteiger partial charge in [0.05, 0.1) is 14.9 Å². The summed E-state index contributed by atoms with van der Waals surface area (Å²) < 4.78 is 82.6. The van der Waals surface area contributed by atoms with E-state index in [2.05, 4.69) is 0 Å². The summed E-state index contributed by atoms with van der Waals surface area (Å²) in [4.78, 5) is 25.9. The second kappa shape index (κ2) is 9.91. The van der Waals surface area contributed by atoms with E-state index in [4.69, 9.17) is 27.5 Å². The monoisotopic (exact) mass is 586 g/mol. The number of phosphoric ester groups is 1. The molecule has 1 saturated heterocycles. The summed E-state index contributed by atoms with van der Waals surface area (Å²) in [6.45, 7) is 6.15. The highest BCUT2D eigenvalue weighted by Gasteiger charge is 2.58. The van der Waals surface area contributed by atoms with Gasteiger partial charge in [-0.2, -0.15) is 0 Å². The first-order chi connectivity index (χ1) is 19.1. The van der Waals surface area contributed by atoms with Crippen molar-refractivity contribution in [3.05, 3.63) is 61.2 Å². The number of halogens is 2. The van der Waals surface area contributed by atoms with Gasteiger partial charge in [0, 0.05) is 11.8 Å². The Hall–Kier alpha value is -2.85. The number of aromatic amines is 1. The second-order valence-corrected chi connectivity index (χ2v) is 13.1. The normalized spacial score (nSPS) is 29.7. The number of aliphatic hydroxyl groups excluding tert-OH is 2. The van der Waals surface area contributed by atoms with Crippen molar-refractivity contribution in [1.82, 2.24) is 9.55 Å². The van der Waals surface area contributed by atoms with Crippen LogP contribution >= 0.6 is 7.82 Å². The average molecular weight is 587 g/mol. The third kappa shape index (κ3) is 5.28. The molecular weight excluding hydrogens is 553 g/mol. The highest BCUT2D eigenvalue weighted by Crippen LogP contribution is 2.58. The molecule has 3 heterocycles. The Bertz CT molecular complexity index is 1640. The smallest absolute Gasteiger partial charge is 0.403 e. The van der Waals surface area contributed by atoms with Crippen molar-refractivity contribution in [3.8, 4) is 18.1 Å². The van der Waals surface area contributed by atoms with Gasteiger partial charge in [-0.1, -0.05) is 47.5 Å². The van der Waals surface area contributed by atoms with Gasteiger partial charge < -0.3 is 19.5 Å². The average Bonchev–Trinajstić information content (AvgIpc) is 3.07. The Balaban J connectivity index is 1.71. The highest BCUT2D eigenvalue weighted by atomic mass is 31.2. The molecule has 0 radical (unpaired) electrons. The lowest BCUT2D eigenvalue weighted by Gasteiger charge is -2.34. The summed E-state index contributed by atoms with van der Waals surface area (Å²) in [6, 6.07) is 1.53. The van der Waals surface area contributed by atoms with Crippen molar-refractivity contribution in [2.75, 3.05) is 6.56 Å². The van der Waals surface area contributed by atoms with Gasteiger partial charge in [0.2, 0.25) is 0 Å². The van der Waals surface area contributed by atoms with E-state index in [0.29, 0.717) is 15.7 Å². The van der Waals surface area contributed by atoms with E-state index in [1.165, 1.54) is 6.07 Å². The molecule has 1 fully saturated rings. The van der Waals surface area contributed by atoms with Crippen molar-refractivity contribution in [3.63, 3.8) is 0 Å². The quantitative estimate of drug-likeness (QED) is 0.363. The summed E-state index contributed by atoms with van der Waals surface area (Å²) >= 11 is 0. The Morgan fingerprint density at radius 2 is 1.90 bits per heavy atom. The molecule has 0 aliphatic carbocycles. The lowest BCUT2D eigenvalue weighted by atomic mass is 9.78. The van der Waals surface area contributed by atoms with Crippen LogP contribution < -0.4 is 15.8 Å². The topological polar surface area (TPSA) is 149 Å². The number of benzene rings is 1. The number of terminal acetylenes is 1. The van der Waals surface area contributed by atoms with Crippen molar-refractivity contribution in [1.29, 1.82) is 0 Å². The number of rotatable bonds is 4. The van der Waals surface area contributed by atoms with Gasteiger partial charge in [-0.05, 0) is 22.5 Å². The second-order valence-electron chi connectivity index (χ2n) is 11.5. The molecular formula is C26H31F2N2O9P. The van der Waals surface area contributed by atoms with Crippen LogP contribution in [-0.2, 0) is 35.8 Å². The van der Waals surface area contributed by atoms with Gasteiger partial charge in [-0.25, -0.2) is 18.1 Å². The summed E-state index contributed by atoms with van der Waals surface area (Å²) in [5.41, 5.74) is -3.35. The van der Waals surface area contributed by atoms with Gasteiger partial charge in [0.25, 0.3) is 11.4 Å². The minimum Gasteiger partial charge on any atom is -0.403 e. The van der Waals surface area contributed by atoms with Crippen molar-refractivity contribution in [2.24, 2.45) is 0 Å². The van der Waals surface area contributed by atoms with Crippen LogP contribution in [0, 0.1) is 18.2 Å². The fraction of sp³-hybridized carbons (Fsp3) is 0.538. The van der Waals surface area contributed by atoms with Crippen LogP contribution in [0.1, 0.15) is 72.8 Å². The predicted molar refractivity (Wildman–Crippen MR) is 138 cm³/mol. The minimum atomic E-state index is -5.10. The van der Waals surface area contributed by atoms with E-state index in [1.54, 1.807) is 41.5 Å². The summed E-state index contributed by atoms with van der Waals surface area (Å²) in [7, 11) is -5.10. The number of aromatic nitrogens is 2. The molecule has 218 valence electrons. The maximum absolute atomic E-state index is 16.1. The molecule has 3 N–H and O–H groups in total. The molecule has 0 bridgehead atoms. The number of H-pyrrole nitrogens is 1. The third-order valence-electron chi connectivity index (χ3n) is 6.48. The van der Waals surface area contributed by atoms with Crippen LogP contribution in [-0.4, -0.2) is 44.4 Å². The number of hydrogen-bond donors (Lipinski definition) is 3. The fourth-order valence-electron chi connectivity index (χ4n) is 4.25. The Kier molecular flexibility index (Phi) is 6.77. The standard InChI is InChI=1S/C26H31F2N2O9P/c1-8-13-10-30(23(34)29-21(13)33)22-18(31)20(32)26(28,38-22)12-37-40(35)36-11-14-17(27)15(24(2,3)4)9-16(19(14)39-40)25(5,6)7/h1,9-10,18,20,22,31-32H,11-12H2,2-7H3,(H,29,33,34)/t18-,20+,22-,26-,40?/m1/s1/i12D2. The molecule has 0 saturated carbocycles. The van der Waals surface area contributed by atoms with Crippen molar-refractivity contribution < 1.29 is 44.6 Å². The largest absolute Gasteiger partial charge is 0.530 e. The summed E-state index contributed by atoms with van der Waals surface area (Å²) in [5, 5.41) is 21.0. The Morgan fingerprint density at radius 1 is 1.27 bits per heavy atom. The number of hydrogen-bond acceptors (Lipinski definition) is 9. The van der Waals surface area contributed by atoms with Gasteiger partial charge >= 0.3 is 13.5 Å². The number of phosphoric acid groups is 1. The molecule has 5 atom stereocenters. The van der Waals surface area contributed by atoms with Crippen molar-refractivity contribution in [2.45, 2.75) is 83.3 Å². The summed E-state index contributed by atoms with van der Waals surface area (Å²) in [6.07, 6.45) is -1.21. The number of aliphatic hydroxyl groups is 2. The molecule has 11 nitrogen and oxygen atoms in total. The molecule has 4 rings (SSSR count). The van der Waals surface area contributed by atoms with E-state index in [9.17, 15) is 24.4 Å². The van der Waals surface area contributed by atoms with Crippen LogP contribution in [0.15, 0.2) is 21.9 Å². The van der Waals surface area contributed by atoms with E-state index in [0.717, 1.165) is 6.20 Å². The zero-order valence-electron chi connectivity index (χ0n) is 24.6. The SMILES string of the molecule is [2H]C([2H])(OP1(=O)OCc2c(F)c(C(C)(C)C)cc(C(C)(C)C)c2O1)[C@@]1(F)O[C@@H](n2cc(C#C)c(=O)[nH]c2=O)[C@H](O)[C@@H]1O.